The van der Waals surface area contributed by atoms with Crippen molar-refractivity contribution in [3.63, 3.8) is 0 Å². The largest absolute Gasteiger partial charge is 2.00 e. The third-order valence-electron chi connectivity index (χ3n) is 4.77. The van der Waals surface area contributed by atoms with Gasteiger partial charge in [-0.25, -0.2) is 13.2 Å². The molecular formula is C25H34F3N5O2U. The van der Waals surface area contributed by atoms with Crippen molar-refractivity contribution in [2.24, 2.45) is 5.73 Å². The predicted octanol–water partition coefficient (Wildman–Crippen LogP) is 5.62. The molecule has 2 aliphatic rings. The van der Waals surface area contributed by atoms with Crippen LogP contribution in [0.15, 0.2) is 42.2 Å². The zero-order valence-corrected chi connectivity index (χ0v) is 25.4. The smallest absolute Gasteiger partial charge is 0.680 e. The van der Waals surface area contributed by atoms with Crippen molar-refractivity contribution < 1.29 is 54.2 Å². The molecule has 0 unspecified atom stereocenters. The number of nitrogens with two attached hydrogens (primary N) is 1. The molecule has 4 rings (SSSR count). The number of carbonyl (C=O) groups excluding carboxylic acids is 1. The van der Waals surface area contributed by atoms with E-state index in [0.717, 1.165) is 30.8 Å². The molecular weight excluding hydrogens is 697 g/mol. The fourth-order valence-electron chi connectivity index (χ4n) is 3.12. The number of anilines is 2. The minimum atomic E-state index is -1.27. The number of aliphatic hydroxyl groups is 1. The van der Waals surface area contributed by atoms with Gasteiger partial charge in [0.15, 0.2) is 11.6 Å². The van der Waals surface area contributed by atoms with E-state index in [9.17, 15) is 23.1 Å². The van der Waals surface area contributed by atoms with Crippen molar-refractivity contribution >= 4 is 17.3 Å². The number of halogens is 3. The fraction of sp³-hybridized carbons (Fsp3) is 0.400. The molecule has 1 saturated heterocycles. The molecule has 0 atom stereocenters. The van der Waals surface area contributed by atoms with Gasteiger partial charge in [-0.3, -0.25) is 4.79 Å². The average Bonchev–Trinajstić information content (AvgIpc) is 3.64. The Balaban J connectivity index is 0.000000950. The van der Waals surface area contributed by atoms with Crippen molar-refractivity contribution in [2.75, 3.05) is 32.0 Å². The monoisotopic (exact) mass is 731 g/mol. The first-order valence-corrected chi connectivity index (χ1v) is 11.2. The molecule has 1 amide bonds. The molecule has 11 heteroatoms. The number of hydrogen-bond donors (Lipinski definition) is 3. The molecule has 0 radical (unpaired) electrons. The van der Waals surface area contributed by atoms with E-state index in [4.69, 9.17) is 11.5 Å². The molecule has 7 nitrogen and oxygen atoms in total. The van der Waals surface area contributed by atoms with Crippen LogP contribution < -0.4 is 11.1 Å². The number of amides is 1. The number of nitrogens with zero attached hydrogens (tertiary/aromatic N) is 2. The Morgan fingerprint density at radius 2 is 1.75 bits per heavy atom. The number of likely N-dealkylation sites (tertiary alicyclic amines) is 1. The third kappa shape index (κ3) is 9.79. The Hall–Kier alpha value is -2.03. The van der Waals surface area contributed by atoms with Crippen LogP contribution in [-0.4, -0.2) is 48.2 Å². The number of aryl methyl sites for hydroxylation is 1. The second-order valence-corrected chi connectivity index (χ2v) is 7.84. The molecule has 5 N–H and O–H groups in total. The van der Waals surface area contributed by atoms with Crippen molar-refractivity contribution in [3.05, 3.63) is 81.9 Å². The normalized spacial score (nSPS) is 13.9. The maximum atomic E-state index is 14.3. The standard InChI is InChI=1S/C18H17F3N2O2.C4H7N2.C2H6.CH4N.U/c1-10-3-6-14(13(20)7-10)22-16-11(4-5-12(19)15(16)21)17(24)23-8-18(2,25)9-23;5-2-1-4-3-6-4;2*1-2;/h3-7,22,25H,8-9H2,1-2H3;3H,1-2,5H2;1-2H3;2H,1H3;/q;-1;;-1;+2. The van der Waals surface area contributed by atoms with Crippen LogP contribution >= 0.6 is 0 Å². The van der Waals surface area contributed by atoms with E-state index in [1.165, 1.54) is 24.1 Å². The maximum absolute atomic E-state index is 14.3. The molecule has 2 aliphatic heterocycles. The van der Waals surface area contributed by atoms with E-state index < -0.39 is 34.6 Å². The number of β-amino-alcohol motifs (C(OH)–C–C–N with tert-alkyl or cyclic N) is 1. The van der Waals surface area contributed by atoms with Crippen LogP contribution in [0.5, 0.6) is 0 Å². The van der Waals surface area contributed by atoms with Crippen molar-refractivity contribution in [3.8, 4) is 0 Å². The predicted molar refractivity (Wildman–Crippen MR) is 134 cm³/mol. The molecule has 2 aromatic rings. The van der Waals surface area contributed by atoms with Crippen LogP contribution in [-0.2, 0) is 0 Å². The number of rotatable bonds is 5. The van der Waals surface area contributed by atoms with Gasteiger partial charge in [-0.15, -0.1) is 0 Å². The minimum absolute atomic E-state index is 0. The van der Waals surface area contributed by atoms with E-state index in [2.05, 4.69) is 10.6 Å². The van der Waals surface area contributed by atoms with Gasteiger partial charge in [-0.05, 0) is 56.6 Å². The zero-order chi connectivity index (χ0) is 26.8. The minimum Gasteiger partial charge on any atom is -0.680 e. The average molecular weight is 732 g/mol. The van der Waals surface area contributed by atoms with Crippen LogP contribution in [0.1, 0.15) is 43.1 Å². The Bertz CT molecular complexity index is 1030. The van der Waals surface area contributed by atoms with Gasteiger partial charge in [0.1, 0.15) is 5.82 Å². The summed E-state index contributed by atoms with van der Waals surface area (Å²) in [6, 6.07) is 6.22. The zero-order valence-electron chi connectivity index (χ0n) is 21.3. The van der Waals surface area contributed by atoms with Crippen LogP contribution in [0.3, 0.4) is 0 Å². The summed E-state index contributed by atoms with van der Waals surface area (Å²) in [4.78, 5) is 13.8. The summed E-state index contributed by atoms with van der Waals surface area (Å²) in [7, 11) is 1.25. The molecule has 0 aliphatic carbocycles. The van der Waals surface area contributed by atoms with Crippen LogP contribution in [0.25, 0.3) is 11.1 Å². The second-order valence-electron chi connectivity index (χ2n) is 7.84. The molecule has 0 bridgehead atoms. The number of benzene rings is 2. The van der Waals surface area contributed by atoms with Crippen LogP contribution in [0.2, 0.25) is 0 Å². The van der Waals surface area contributed by atoms with E-state index in [1.807, 2.05) is 20.0 Å². The van der Waals surface area contributed by atoms with Crippen LogP contribution in [0.4, 0.5) is 24.5 Å². The summed E-state index contributed by atoms with van der Waals surface area (Å²) >= 11 is 0. The van der Waals surface area contributed by atoms with Gasteiger partial charge >= 0.3 is 31.1 Å². The van der Waals surface area contributed by atoms with Gasteiger partial charge in [0, 0.05) is 0 Å². The first-order chi connectivity index (χ1) is 16.6. The summed E-state index contributed by atoms with van der Waals surface area (Å²) < 4.78 is 41.9. The Morgan fingerprint density at radius 1 is 1.17 bits per heavy atom. The molecule has 196 valence electrons. The SMILES string of the molecule is CC.C[NH-].Cc1ccc(Nc2c(C(=O)N3CC(C)(O)C3)ccc(F)c2F)c(F)c1.NCCC1=C[N-]1.[U+2]. The molecule has 2 heterocycles. The summed E-state index contributed by atoms with van der Waals surface area (Å²) in [6.07, 6.45) is 2.80. The van der Waals surface area contributed by atoms with E-state index >= 15 is 0 Å². The van der Waals surface area contributed by atoms with Crippen molar-refractivity contribution in [2.45, 2.75) is 39.7 Å². The quantitative estimate of drug-likeness (QED) is 0.371. The van der Waals surface area contributed by atoms with Crippen molar-refractivity contribution in [1.29, 1.82) is 0 Å². The van der Waals surface area contributed by atoms with Gasteiger partial charge in [0.25, 0.3) is 5.91 Å². The number of nitrogens with one attached hydrogen (secondary N) is 2. The van der Waals surface area contributed by atoms with Crippen LogP contribution in [0, 0.1) is 55.5 Å². The molecule has 36 heavy (non-hydrogen) atoms. The van der Waals surface area contributed by atoms with Gasteiger partial charge in [-0.2, -0.15) is 18.9 Å². The first kappa shape index (κ1) is 34.0. The molecule has 0 spiro atoms. The molecule has 2 aromatic carbocycles. The Labute approximate surface area is 234 Å². The third-order valence-corrected chi connectivity index (χ3v) is 4.77. The first-order valence-electron chi connectivity index (χ1n) is 11.2. The maximum Gasteiger partial charge on any atom is 2.00 e. The Kier molecular flexibility index (Phi) is 15.0. The van der Waals surface area contributed by atoms with E-state index in [0.29, 0.717) is 5.56 Å². The number of carbonyl (C=O) groups is 1. The number of hydrogen-bond acceptors (Lipinski definition) is 4. The van der Waals surface area contributed by atoms with Gasteiger partial charge < -0.3 is 32.1 Å². The summed E-state index contributed by atoms with van der Waals surface area (Å²) in [5, 5.41) is 16.0. The molecule has 1 fully saturated rings. The van der Waals surface area contributed by atoms with E-state index in [-0.39, 0.29) is 55.5 Å². The van der Waals surface area contributed by atoms with Gasteiger partial charge in [-0.1, -0.05) is 19.9 Å². The second kappa shape index (κ2) is 15.9. The van der Waals surface area contributed by atoms with E-state index in [1.54, 1.807) is 19.9 Å². The molecule has 0 saturated carbocycles. The summed E-state index contributed by atoms with van der Waals surface area (Å²) in [6.45, 7) is 8.17. The Morgan fingerprint density at radius 3 is 2.19 bits per heavy atom. The fourth-order valence-corrected chi connectivity index (χ4v) is 3.12. The molecule has 0 aromatic heterocycles. The summed E-state index contributed by atoms with van der Waals surface area (Å²) in [5.74, 6) is -3.63. The van der Waals surface area contributed by atoms with Gasteiger partial charge in [0.05, 0.1) is 35.6 Å². The summed E-state index contributed by atoms with van der Waals surface area (Å²) in [5.41, 5.74) is 11.1. The van der Waals surface area contributed by atoms with Gasteiger partial charge in [0.2, 0.25) is 0 Å². The van der Waals surface area contributed by atoms with Crippen molar-refractivity contribution in [1.82, 2.24) is 4.90 Å². The topological polar surface area (TPSA) is 116 Å².